The summed E-state index contributed by atoms with van der Waals surface area (Å²) < 4.78 is 5.43. The number of ether oxygens (including phenoxy) is 1. The van der Waals surface area contributed by atoms with E-state index in [9.17, 15) is 10.1 Å². The molecule has 0 aromatic heterocycles. The molecule has 20 heavy (non-hydrogen) atoms. The van der Waals surface area contributed by atoms with E-state index < -0.39 is 4.92 Å². The predicted octanol–water partition coefficient (Wildman–Crippen LogP) is 4.38. The quantitative estimate of drug-likeness (QED) is 0.438. The molecule has 1 N–H and O–H groups in total. The van der Waals surface area contributed by atoms with Crippen molar-refractivity contribution in [3.8, 4) is 0 Å². The highest BCUT2D eigenvalue weighted by molar-refractivity contribution is 6.42. The second-order valence-corrected chi connectivity index (χ2v) is 5.58. The standard InChI is InChI=1S/C13H18Cl2N2O3/c1-9(2)3-5-20-6-4-16-12-7-10(14)11(15)8-13(12)17(18)19/h7-9,16H,3-6H2,1-2H3. The fraction of sp³-hybridized carbons (Fsp3) is 0.538. The third kappa shape index (κ3) is 5.53. The van der Waals surface area contributed by atoms with Crippen molar-refractivity contribution in [2.75, 3.05) is 25.1 Å². The summed E-state index contributed by atoms with van der Waals surface area (Å²) >= 11 is 11.6. The van der Waals surface area contributed by atoms with E-state index in [4.69, 9.17) is 27.9 Å². The molecule has 0 bridgehead atoms. The van der Waals surface area contributed by atoms with E-state index in [2.05, 4.69) is 19.2 Å². The van der Waals surface area contributed by atoms with Crippen LogP contribution < -0.4 is 5.32 Å². The van der Waals surface area contributed by atoms with Crippen LogP contribution in [-0.2, 0) is 4.74 Å². The van der Waals surface area contributed by atoms with E-state index in [0.717, 1.165) is 6.42 Å². The molecule has 1 aromatic rings. The summed E-state index contributed by atoms with van der Waals surface area (Å²) in [7, 11) is 0. The van der Waals surface area contributed by atoms with Gasteiger partial charge in [-0.2, -0.15) is 0 Å². The van der Waals surface area contributed by atoms with Gasteiger partial charge in [-0.15, -0.1) is 0 Å². The maximum atomic E-state index is 10.9. The second-order valence-electron chi connectivity index (χ2n) is 4.76. The summed E-state index contributed by atoms with van der Waals surface area (Å²) in [6, 6.07) is 2.70. The van der Waals surface area contributed by atoms with Crippen LogP contribution in [0, 0.1) is 16.0 Å². The molecule has 0 heterocycles. The van der Waals surface area contributed by atoms with Crippen molar-refractivity contribution < 1.29 is 9.66 Å². The molecule has 0 saturated carbocycles. The lowest BCUT2D eigenvalue weighted by Crippen LogP contribution is -2.12. The smallest absolute Gasteiger partial charge is 0.293 e. The monoisotopic (exact) mass is 320 g/mol. The first kappa shape index (κ1) is 17.0. The molecule has 0 aliphatic rings. The number of anilines is 1. The van der Waals surface area contributed by atoms with Crippen molar-refractivity contribution in [1.82, 2.24) is 0 Å². The first-order chi connectivity index (χ1) is 9.41. The Hall–Kier alpha value is -1.04. The minimum Gasteiger partial charge on any atom is -0.380 e. The maximum absolute atomic E-state index is 10.9. The van der Waals surface area contributed by atoms with Crippen LogP contribution in [0.2, 0.25) is 10.0 Å². The van der Waals surface area contributed by atoms with Gasteiger partial charge < -0.3 is 10.1 Å². The van der Waals surface area contributed by atoms with Gasteiger partial charge in [0.05, 0.1) is 21.6 Å². The number of nitro groups is 1. The summed E-state index contributed by atoms with van der Waals surface area (Å²) in [5.74, 6) is 0.596. The van der Waals surface area contributed by atoms with Crippen molar-refractivity contribution >= 4 is 34.6 Å². The van der Waals surface area contributed by atoms with Gasteiger partial charge in [0.2, 0.25) is 0 Å². The molecule has 0 radical (unpaired) electrons. The van der Waals surface area contributed by atoms with Crippen LogP contribution in [0.15, 0.2) is 12.1 Å². The Morgan fingerprint density at radius 2 is 1.95 bits per heavy atom. The largest absolute Gasteiger partial charge is 0.380 e. The fourth-order valence-electron chi connectivity index (χ4n) is 1.51. The number of nitrogens with one attached hydrogen (secondary N) is 1. The predicted molar refractivity (Wildman–Crippen MR) is 81.9 cm³/mol. The van der Waals surface area contributed by atoms with Crippen LogP contribution in [0.5, 0.6) is 0 Å². The highest BCUT2D eigenvalue weighted by atomic mass is 35.5. The molecular formula is C13H18Cl2N2O3. The third-order valence-corrected chi connectivity index (χ3v) is 3.36. The number of nitrogens with zero attached hydrogens (tertiary/aromatic N) is 1. The molecule has 0 fully saturated rings. The van der Waals surface area contributed by atoms with Crippen LogP contribution in [-0.4, -0.2) is 24.7 Å². The maximum Gasteiger partial charge on any atom is 0.293 e. The molecule has 0 atom stereocenters. The molecule has 7 heteroatoms. The molecule has 0 aliphatic heterocycles. The van der Waals surface area contributed by atoms with E-state index in [-0.39, 0.29) is 15.7 Å². The van der Waals surface area contributed by atoms with Gasteiger partial charge in [-0.1, -0.05) is 37.0 Å². The molecule has 1 aromatic carbocycles. The second kappa shape index (κ2) is 8.29. The average molecular weight is 321 g/mol. The Bertz CT molecular complexity index is 467. The van der Waals surface area contributed by atoms with Gasteiger partial charge in [-0.05, 0) is 18.4 Å². The molecule has 1 rings (SSSR count). The SMILES string of the molecule is CC(C)CCOCCNc1cc(Cl)c(Cl)cc1[N+](=O)[O-]. The van der Waals surface area contributed by atoms with Crippen LogP contribution in [0.25, 0.3) is 0 Å². The number of benzene rings is 1. The van der Waals surface area contributed by atoms with Crippen LogP contribution in [0.4, 0.5) is 11.4 Å². The molecule has 0 spiro atoms. The summed E-state index contributed by atoms with van der Waals surface area (Å²) in [6.45, 7) is 5.88. The highest BCUT2D eigenvalue weighted by Gasteiger charge is 2.16. The topological polar surface area (TPSA) is 64.4 Å². The number of halogens is 2. The molecule has 0 unspecified atom stereocenters. The Labute approximate surface area is 128 Å². The van der Waals surface area contributed by atoms with Crippen molar-refractivity contribution in [3.63, 3.8) is 0 Å². The number of rotatable bonds is 8. The van der Waals surface area contributed by atoms with Crippen molar-refractivity contribution in [1.29, 1.82) is 0 Å². The van der Waals surface area contributed by atoms with Crippen molar-refractivity contribution in [3.05, 3.63) is 32.3 Å². The van der Waals surface area contributed by atoms with Crippen LogP contribution >= 0.6 is 23.2 Å². The zero-order valence-corrected chi connectivity index (χ0v) is 13.0. The summed E-state index contributed by atoms with van der Waals surface area (Å²) in [6.07, 6.45) is 0.993. The van der Waals surface area contributed by atoms with Gasteiger partial charge in [-0.3, -0.25) is 10.1 Å². The molecule has 0 amide bonds. The van der Waals surface area contributed by atoms with Crippen molar-refractivity contribution in [2.45, 2.75) is 20.3 Å². The van der Waals surface area contributed by atoms with Gasteiger partial charge in [0.15, 0.2) is 0 Å². The Balaban J connectivity index is 2.51. The third-order valence-electron chi connectivity index (χ3n) is 2.64. The van der Waals surface area contributed by atoms with E-state index in [1.165, 1.54) is 12.1 Å². The van der Waals surface area contributed by atoms with Gasteiger partial charge in [-0.25, -0.2) is 0 Å². The van der Waals surface area contributed by atoms with E-state index in [1.54, 1.807) is 0 Å². The lowest BCUT2D eigenvalue weighted by molar-refractivity contribution is -0.383. The van der Waals surface area contributed by atoms with Gasteiger partial charge in [0.1, 0.15) is 5.69 Å². The lowest BCUT2D eigenvalue weighted by atomic mass is 10.1. The molecular weight excluding hydrogens is 303 g/mol. The normalized spacial score (nSPS) is 10.8. The van der Waals surface area contributed by atoms with E-state index >= 15 is 0 Å². The molecule has 5 nitrogen and oxygen atoms in total. The summed E-state index contributed by atoms with van der Waals surface area (Å²) in [5, 5.41) is 14.3. The Kier molecular flexibility index (Phi) is 7.05. The Morgan fingerprint density at radius 3 is 2.55 bits per heavy atom. The Morgan fingerprint density at radius 1 is 1.30 bits per heavy atom. The molecule has 0 aliphatic carbocycles. The van der Waals surface area contributed by atoms with E-state index in [1.807, 2.05) is 0 Å². The van der Waals surface area contributed by atoms with Gasteiger partial charge >= 0.3 is 0 Å². The average Bonchev–Trinajstić information content (AvgIpc) is 2.36. The first-order valence-electron chi connectivity index (χ1n) is 6.37. The highest BCUT2D eigenvalue weighted by Crippen LogP contribution is 2.33. The zero-order valence-electron chi connectivity index (χ0n) is 11.5. The minimum atomic E-state index is -0.496. The van der Waals surface area contributed by atoms with E-state index in [0.29, 0.717) is 31.4 Å². The fourth-order valence-corrected chi connectivity index (χ4v) is 1.83. The minimum absolute atomic E-state index is 0.0958. The van der Waals surface area contributed by atoms with Crippen LogP contribution in [0.1, 0.15) is 20.3 Å². The van der Waals surface area contributed by atoms with Gasteiger partial charge in [0, 0.05) is 19.2 Å². The molecule has 112 valence electrons. The molecule has 0 saturated heterocycles. The number of nitro benzene ring substituents is 1. The van der Waals surface area contributed by atoms with Crippen molar-refractivity contribution in [2.24, 2.45) is 5.92 Å². The van der Waals surface area contributed by atoms with Gasteiger partial charge in [0.25, 0.3) is 5.69 Å². The summed E-state index contributed by atoms with van der Waals surface area (Å²) in [4.78, 5) is 10.4. The number of hydrogen-bond acceptors (Lipinski definition) is 4. The zero-order chi connectivity index (χ0) is 15.1. The first-order valence-corrected chi connectivity index (χ1v) is 7.12. The van der Waals surface area contributed by atoms with Crippen LogP contribution in [0.3, 0.4) is 0 Å². The lowest BCUT2D eigenvalue weighted by Gasteiger charge is -2.09. The number of hydrogen-bond donors (Lipinski definition) is 1. The summed E-state index contributed by atoms with van der Waals surface area (Å²) in [5.41, 5.74) is 0.249.